The van der Waals surface area contributed by atoms with Crippen molar-refractivity contribution in [2.45, 2.75) is 52.4 Å². The van der Waals surface area contributed by atoms with Gasteiger partial charge in [0, 0.05) is 51.2 Å². The summed E-state index contributed by atoms with van der Waals surface area (Å²) < 4.78 is 0. The molecule has 0 bridgehead atoms. The zero-order chi connectivity index (χ0) is 6.24. The largest absolute Gasteiger partial charge is 0.0654 e. The van der Waals surface area contributed by atoms with Gasteiger partial charge in [0.1, 0.15) is 0 Å². The molecule has 0 aliphatic heterocycles. The summed E-state index contributed by atoms with van der Waals surface area (Å²) in [7, 11) is 0. The van der Waals surface area contributed by atoms with Gasteiger partial charge in [0.15, 0.2) is 0 Å². The van der Waals surface area contributed by atoms with Crippen molar-refractivity contribution in [2.75, 3.05) is 0 Å². The Bertz CT molecular complexity index is 34.2. The summed E-state index contributed by atoms with van der Waals surface area (Å²) in [6, 6.07) is 0. The van der Waals surface area contributed by atoms with Gasteiger partial charge in [-0.1, -0.05) is 52.4 Å². The maximum absolute atomic E-state index is 2.26. The van der Waals surface area contributed by atoms with E-state index in [0.717, 1.165) is 0 Å². The van der Waals surface area contributed by atoms with E-state index in [1.807, 2.05) is 0 Å². The first-order valence-corrected chi connectivity index (χ1v) is 3.91. The fourth-order valence-corrected chi connectivity index (χ4v) is 0.854. The minimum atomic E-state index is 0. The summed E-state index contributed by atoms with van der Waals surface area (Å²) in [5.41, 5.74) is 0. The molecule has 0 atom stereocenters. The van der Waals surface area contributed by atoms with Crippen LogP contribution in [0.3, 0.4) is 0 Å². The number of hydrogen-bond donors (Lipinski definition) is 0. The van der Waals surface area contributed by atoms with Crippen LogP contribution in [-0.4, -0.2) is 51.2 Å². The summed E-state index contributed by atoms with van der Waals surface area (Å²) in [6.45, 7) is 4.51. The van der Waals surface area contributed by atoms with E-state index in [1.54, 1.807) is 0 Å². The predicted octanol–water partition coefficient (Wildman–Crippen LogP) is 2.61. The summed E-state index contributed by atoms with van der Waals surface area (Å²) in [5, 5.41) is 0. The first-order valence-electron chi connectivity index (χ1n) is 3.91. The van der Waals surface area contributed by atoms with Crippen molar-refractivity contribution in [3.05, 3.63) is 0 Å². The van der Waals surface area contributed by atoms with E-state index in [0.29, 0.717) is 0 Å². The van der Waals surface area contributed by atoms with Crippen LogP contribution in [0.25, 0.3) is 0 Å². The van der Waals surface area contributed by atoms with Crippen molar-refractivity contribution < 1.29 is 0 Å². The molecule has 0 fully saturated rings. The third kappa shape index (κ3) is 16.4. The fourth-order valence-electron chi connectivity index (χ4n) is 0.854. The monoisotopic (exact) mass is 442 g/mol. The summed E-state index contributed by atoms with van der Waals surface area (Å²) >= 11 is 0. The second-order valence-corrected chi connectivity index (χ2v) is 2.41. The van der Waals surface area contributed by atoms with E-state index in [9.17, 15) is 0 Å². The van der Waals surface area contributed by atoms with E-state index < -0.39 is 0 Å². The van der Waals surface area contributed by atoms with E-state index in [4.69, 9.17) is 0 Å². The molecule has 0 heterocycles. The third-order valence-corrected chi connectivity index (χ3v) is 1.46. The Labute approximate surface area is 103 Å². The molecule has 0 N–H and O–H groups in total. The van der Waals surface area contributed by atoms with Gasteiger partial charge < -0.3 is 0 Å². The maximum Gasteiger partial charge on any atom is 0 e. The quantitative estimate of drug-likeness (QED) is 0.456. The van der Waals surface area contributed by atoms with Gasteiger partial charge >= 0.3 is 0 Å². The standard InChI is InChI=1S/C8H18.Pb.Sn/c1-3-5-7-8-6-4-2;;/h3-8H2,1-2H3;;. The first kappa shape index (κ1) is 17.7. The normalized spacial score (nSPS) is 7.80. The van der Waals surface area contributed by atoms with Gasteiger partial charge in [-0.25, -0.2) is 0 Å². The first-order chi connectivity index (χ1) is 3.91. The molecule has 0 unspecified atom stereocenters. The second-order valence-electron chi connectivity index (χ2n) is 2.41. The minimum Gasteiger partial charge on any atom is -0.0654 e. The zero-order valence-corrected chi connectivity index (χ0v) is 14.0. The Kier molecular flexibility index (Phi) is 30.1. The molecule has 0 spiro atoms. The average Bonchev–Trinajstić information content (AvgIpc) is 1.81. The van der Waals surface area contributed by atoms with E-state index in [1.165, 1.54) is 38.5 Å². The van der Waals surface area contributed by atoms with Gasteiger partial charge in [-0.2, -0.15) is 0 Å². The third-order valence-electron chi connectivity index (χ3n) is 1.46. The molecule has 0 aromatic carbocycles. The Morgan fingerprint density at radius 2 is 1.00 bits per heavy atom. The van der Waals surface area contributed by atoms with E-state index in [2.05, 4.69) is 13.8 Å². The van der Waals surface area contributed by atoms with E-state index >= 15 is 0 Å². The van der Waals surface area contributed by atoms with Gasteiger partial charge in [-0.15, -0.1) is 0 Å². The van der Waals surface area contributed by atoms with Crippen LogP contribution >= 0.6 is 0 Å². The van der Waals surface area contributed by atoms with Crippen LogP contribution < -0.4 is 0 Å². The zero-order valence-electron chi connectivity index (χ0n) is 7.24. The predicted molar refractivity (Wildman–Crippen MR) is 50.6 cm³/mol. The van der Waals surface area contributed by atoms with Gasteiger partial charge in [0.05, 0.1) is 0 Å². The molecule has 58 valence electrons. The molecule has 10 heavy (non-hydrogen) atoms. The summed E-state index contributed by atoms with van der Waals surface area (Å²) in [5.74, 6) is 0. The van der Waals surface area contributed by atoms with Gasteiger partial charge in [-0.3, -0.25) is 0 Å². The van der Waals surface area contributed by atoms with Crippen LogP contribution in [0.2, 0.25) is 0 Å². The molecular weight excluding hydrogens is 422 g/mol. The number of rotatable bonds is 5. The van der Waals surface area contributed by atoms with Crippen molar-refractivity contribution in [3.8, 4) is 0 Å². The van der Waals surface area contributed by atoms with Crippen molar-refractivity contribution in [2.24, 2.45) is 0 Å². The van der Waals surface area contributed by atoms with Crippen LogP contribution in [0.5, 0.6) is 0 Å². The summed E-state index contributed by atoms with van der Waals surface area (Å²) in [4.78, 5) is 0. The summed E-state index contributed by atoms with van der Waals surface area (Å²) in [6.07, 6.45) is 8.49. The van der Waals surface area contributed by atoms with Gasteiger partial charge in [-0.05, 0) is 0 Å². The topological polar surface area (TPSA) is 0 Å². The molecule has 2 heteroatoms. The minimum absolute atomic E-state index is 0. The van der Waals surface area contributed by atoms with Crippen LogP contribution in [0.15, 0.2) is 0 Å². The molecule has 0 amide bonds. The Morgan fingerprint density at radius 3 is 1.20 bits per heavy atom. The van der Waals surface area contributed by atoms with Crippen molar-refractivity contribution in [3.63, 3.8) is 0 Å². The molecule has 0 rings (SSSR count). The number of unbranched alkanes of at least 4 members (excludes halogenated alkanes) is 5. The Balaban J connectivity index is -0.000000245. The molecular formula is C8H18PbSn. The molecule has 0 saturated carbocycles. The molecule has 0 nitrogen and oxygen atoms in total. The molecule has 0 aliphatic rings. The Hall–Kier alpha value is 1.72. The van der Waals surface area contributed by atoms with Gasteiger partial charge in [0.25, 0.3) is 0 Å². The fraction of sp³-hybridized carbons (Fsp3) is 1.00. The van der Waals surface area contributed by atoms with Crippen LogP contribution in [0, 0.1) is 0 Å². The van der Waals surface area contributed by atoms with Crippen molar-refractivity contribution in [1.82, 2.24) is 0 Å². The molecule has 8 radical (unpaired) electrons. The maximum atomic E-state index is 2.26. The van der Waals surface area contributed by atoms with Crippen molar-refractivity contribution >= 4 is 51.2 Å². The van der Waals surface area contributed by atoms with Crippen molar-refractivity contribution in [1.29, 1.82) is 0 Å². The average molecular weight is 440 g/mol. The molecule has 0 aromatic rings. The smallest absolute Gasteiger partial charge is 0 e. The van der Waals surface area contributed by atoms with Crippen LogP contribution in [-0.2, 0) is 0 Å². The molecule has 0 aliphatic carbocycles. The van der Waals surface area contributed by atoms with Crippen LogP contribution in [0.1, 0.15) is 52.4 Å². The molecule has 0 aromatic heterocycles. The molecule has 0 saturated heterocycles. The second kappa shape index (κ2) is 17.0. The SMILES string of the molecule is CCCCCCCC.[Pb].[Sn]. The Morgan fingerprint density at radius 1 is 0.700 bits per heavy atom. The van der Waals surface area contributed by atoms with Crippen LogP contribution in [0.4, 0.5) is 0 Å². The number of hydrogen-bond acceptors (Lipinski definition) is 0. The van der Waals surface area contributed by atoms with E-state index in [-0.39, 0.29) is 51.2 Å². The van der Waals surface area contributed by atoms with Gasteiger partial charge in [0.2, 0.25) is 0 Å².